The second-order valence-electron chi connectivity index (χ2n) is 7.18. The molecular formula is C22H23F2N3O. The number of benzene rings is 2. The number of alkyl halides is 2. The van der Waals surface area contributed by atoms with Gasteiger partial charge in [-0.2, -0.15) is 5.10 Å². The Morgan fingerprint density at radius 2 is 1.79 bits per heavy atom. The van der Waals surface area contributed by atoms with Crippen molar-refractivity contribution in [1.29, 1.82) is 0 Å². The summed E-state index contributed by atoms with van der Waals surface area (Å²) in [5.41, 5.74) is 2.91. The van der Waals surface area contributed by atoms with E-state index in [1.807, 2.05) is 36.4 Å². The van der Waals surface area contributed by atoms with E-state index in [9.17, 15) is 8.78 Å². The minimum absolute atomic E-state index is 0.0807. The number of ether oxygens (including phenoxy) is 1. The Hall–Kier alpha value is -2.73. The molecule has 3 aromatic rings. The molecule has 0 amide bonds. The number of likely N-dealkylation sites (tertiary alicyclic amines) is 1. The van der Waals surface area contributed by atoms with Crippen LogP contribution in [0.1, 0.15) is 40.8 Å². The fourth-order valence-electron chi connectivity index (χ4n) is 4.10. The minimum atomic E-state index is -2.56. The highest BCUT2D eigenvalue weighted by Gasteiger charge is 2.36. The van der Waals surface area contributed by atoms with Crippen molar-refractivity contribution in [2.24, 2.45) is 0 Å². The average molecular weight is 383 g/mol. The molecule has 0 saturated carbocycles. The zero-order valence-electron chi connectivity index (χ0n) is 15.7. The molecule has 1 saturated heterocycles. The van der Waals surface area contributed by atoms with Crippen molar-refractivity contribution in [2.45, 2.75) is 24.8 Å². The van der Waals surface area contributed by atoms with Crippen molar-refractivity contribution in [3.63, 3.8) is 0 Å². The van der Waals surface area contributed by atoms with Gasteiger partial charge < -0.3 is 4.74 Å². The van der Waals surface area contributed by atoms with Gasteiger partial charge in [0.25, 0.3) is 6.43 Å². The number of rotatable bonds is 6. The van der Waals surface area contributed by atoms with Crippen LogP contribution in [-0.2, 0) is 6.54 Å². The first-order chi connectivity index (χ1) is 13.7. The minimum Gasteiger partial charge on any atom is -0.496 e. The van der Waals surface area contributed by atoms with E-state index in [2.05, 4.69) is 33.3 Å². The number of nitrogens with one attached hydrogen (secondary N) is 1. The highest BCUT2D eigenvalue weighted by atomic mass is 19.3. The van der Waals surface area contributed by atoms with E-state index in [1.54, 1.807) is 7.11 Å². The number of halogens is 2. The lowest BCUT2D eigenvalue weighted by Crippen LogP contribution is -2.20. The maximum absolute atomic E-state index is 13.0. The number of hydrogen-bond acceptors (Lipinski definition) is 3. The Bertz CT molecular complexity index is 913. The number of H-pyrrole nitrogens is 1. The van der Waals surface area contributed by atoms with Gasteiger partial charge in [-0.15, -0.1) is 0 Å². The van der Waals surface area contributed by atoms with E-state index in [1.165, 1.54) is 11.6 Å². The Kier molecular flexibility index (Phi) is 5.39. The number of para-hydroxylation sites is 1. The lowest BCUT2D eigenvalue weighted by atomic mass is 9.87. The fraction of sp³-hybridized carbons (Fsp3) is 0.318. The van der Waals surface area contributed by atoms with Gasteiger partial charge in [0.2, 0.25) is 0 Å². The normalized spacial score (nSPS) is 20.0. The van der Waals surface area contributed by atoms with Crippen LogP contribution in [0.4, 0.5) is 8.78 Å². The van der Waals surface area contributed by atoms with Crippen molar-refractivity contribution in [2.75, 3.05) is 20.2 Å². The summed E-state index contributed by atoms with van der Waals surface area (Å²) in [6.07, 6.45) is -2.56. The van der Waals surface area contributed by atoms with Crippen molar-refractivity contribution in [3.05, 3.63) is 83.2 Å². The maximum atomic E-state index is 13.0. The van der Waals surface area contributed by atoms with Gasteiger partial charge in [-0.3, -0.25) is 10.00 Å². The molecule has 2 aromatic carbocycles. The van der Waals surface area contributed by atoms with Crippen LogP contribution in [0.2, 0.25) is 0 Å². The summed E-state index contributed by atoms with van der Waals surface area (Å²) in [5.74, 6) is 1.16. The van der Waals surface area contributed by atoms with E-state index in [0.29, 0.717) is 0 Å². The van der Waals surface area contributed by atoms with Crippen LogP contribution in [0.15, 0.2) is 60.7 Å². The maximum Gasteiger partial charge on any atom is 0.282 e. The monoisotopic (exact) mass is 383 g/mol. The molecule has 1 fully saturated rings. The molecule has 1 N–H and O–H groups in total. The molecule has 0 radical (unpaired) electrons. The van der Waals surface area contributed by atoms with Crippen LogP contribution in [0.5, 0.6) is 5.75 Å². The van der Waals surface area contributed by atoms with E-state index >= 15 is 0 Å². The molecule has 1 aliphatic heterocycles. The molecule has 4 nitrogen and oxygen atoms in total. The smallest absolute Gasteiger partial charge is 0.282 e. The van der Waals surface area contributed by atoms with Crippen LogP contribution in [0, 0.1) is 0 Å². The van der Waals surface area contributed by atoms with E-state index in [4.69, 9.17) is 4.74 Å². The molecular weight excluding hydrogens is 360 g/mol. The van der Waals surface area contributed by atoms with Crippen molar-refractivity contribution < 1.29 is 13.5 Å². The lowest BCUT2D eigenvalue weighted by molar-refractivity contribution is 0.146. The third kappa shape index (κ3) is 3.78. The van der Waals surface area contributed by atoms with Gasteiger partial charge in [0.15, 0.2) is 0 Å². The highest BCUT2D eigenvalue weighted by Crippen LogP contribution is 2.40. The first-order valence-corrected chi connectivity index (χ1v) is 9.38. The molecule has 1 aromatic heterocycles. The Balaban J connectivity index is 1.61. The predicted molar refractivity (Wildman–Crippen MR) is 104 cm³/mol. The van der Waals surface area contributed by atoms with Crippen LogP contribution < -0.4 is 4.74 Å². The number of aromatic nitrogens is 2. The zero-order chi connectivity index (χ0) is 19.5. The summed E-state index contributed by atoms with van der Waals surface area (Å²) in [7, 11) is 1.68. The summed E-state index contributed by atoms with van der Waals surface area (Å²) >= 11 is 0. The third-order valence-corrected chi connectivity index (χ3v) is 5.45. The predicted octanol–water partition coefficient (Wildman–Crippen LogP) is 4.74. The summed E-state index contributed by atoms with van der Waals surface area (Å²) in [6, 6.07) is 19.7. The first-order valence-electron chi connectivity index (χ1n) is 9.38. The first kappa shape index (κ1) is 18.6. The largest absolute Gasteiger partial charge is 0.496 e. The third-order valence-electron chi connectivity index (χ3n) is 5.45. The Morgan fingerprint density at radius 1 is 1.07 bits per heavy atom. The van der Waals surface area contributed by atoms with Crippen LogP contribution in [0.3, 0.4) is 0 Å². The Labute approximate surface area is 163 Å². The highest BCUT2D eigenvalue weighted by molar-refractivity contribution is 5.34. The van der Waals surface area contributed by atoms with Crippen LogP contribution in [0.25, 0.3) is 0 Å². The molecule has 2 atom stereocenters. The molecule has 0 spiro atoms. The lowest BCUT2D eigenvalue weighted by Gasteiger charge is -2.18. The standard InChI is InChI=1S/C22H23F2N3O/c1-28-21-10-6-5-9-16(21)12-27-13-17(15-7-3-2-4-8-15)18(14-27)19-11-20(22(23)24)26-25-19/h2-11,17-18,22H,12-14H2,1H3,(H,25,26)/t17-,18+/m0/s1. The van der Waals surface area contributed by atoms with Crippen molar-refractivity contribution in [3.8, 4) is 5.75 Å². The second-order valence-corrected chi connectivity index (χ2v) is 7.18. The van der Waals surface area contributed by atoms with Gasteiger partial charge >= 0.3 is 0 Å². The molecule has 4 rings (SSSR count). The van der Waals surface area contributed by atoms with Crippen LogP contribution >= 0.6 is 0 Å². The summed E-state index contributed by atoms with van der Waals surface area (Å²) in [5, 5.41) is 6.67. The SMILES string of the molecule is COc1ccccc1CN1C[C@@H](c2ccccc2)[C@H](c2cc(C(F)F)n[nH]2)C1. The number of nitrogens with zero attached hydrogens (tertiary/aromatic N) is 2. The molecule has 0 unspecified atom stereocenters. The summed E-state index contributed by atoms with van der Waals surface area (Å²) in [6.45, 7) is 2.36. The summed E-state index contributed by atoms with van der Waals surface area (Å²) < 4.78 is 31.5. The second kappa shape index (κ2) is 8.10. The van der Waals surface area contributed by atoms with Gasteiger partial charge in [0.05, 0.1) is 7.11 Å². The molecule has 28 heavy (non-hydrogen) atoms. The van der Waals surface area contributed by atoms with Gasteiger partial charge in [0.1, 0.15) is 11.4 Å². The molecule has 2 heterocycles. The molecule has 146 valence electrons. The number of methoxy groups -OCH3 is 1. The van der Waals surface area contributed by atoms with Crippen LogP contribution in [-0.4, -0.2) is 35.3 Å². The van der Waals surface area contributed by atoms with Crippen molar-refractivity contribution >= 4 is 0 Å². The van der Waals surface area contributed by atoms with E-state index in [0.717, 1.165) is 36.6 Å². The van der Waals surface area contributed by atoms with Gasteiger partial charge in [-0.05, 0) is 17.7 Å². The molecule has 0 bridgehead atoms. The quantitative estimate of drug-likeness (QED) is 0.669. The Morgan fingerprint density at radius 3 is 2.50 bits per heavy atom. The van der Waals surface area contributed by atoms with Gasteiger partial charge in [-0.25, -0.2) is 8.78 Å². The van der Waals surface area contributed by atoms with Gasteiger partial charge in [0, 0.05) is 42.7 Å². The average Bonchev–Trinajstić information content (AvgIpc) is 3.36. The van der Waals surface area contributed by atoms with Crippen molar-refractivity contribution in [1.82, 2.24) is 15.1 Å². The zero-order valence-corrected chi connectivity index (χ0v) is 15.7. The molecule has 1 aliphatic rings. The number of hydrogen-bond donors (Lipinski definition) is 1. The summed E-state index contributed by atoms with van der Waals surface area (Å²) in [4.78, 5) is 2.35. The van der Waals surface area contributed by atoms with Gasteiger partial charge in [-0.1, -0.05) is 48.5 Å². The van der Waals surface area contributed by atoms with E-state index < -0.39 is 6.43 Å². The molecule has 6 heteroatoms. The topological polar surface area (TPSA) is 41.1 Å². The van der Waals surface area contributed by atoms with E-state index in [-0.39, 0.29) is 17.5 Å². The molecule has 0 aliphatic carbocycles. The number of aromatic amines is 1. The fourth-order valence-corrected chi connectivity index (χ4v) is 4.10.